The molecular formula is C15H18O. The molecule has 1 aromatic carbocycles. The van der Waals surface area contributed by atoms with Crippen LogP contribution in [-0.2, 0) is 6.42 Å². The number of benzene rings is 1. The highest BCUT2D eigenvalue weighted by Crippen LogP contribution is 2.34. The molecule has 1 heteroatoms. The summed E-state index contributed by atoms with van der Waals surface area (Å²) in [6.07, 6.45) is 7.93. The molecule has 1 atom stereocenters. The van der Waals surface area contributed by atoms with Crippen molar-refractivity contribution in [3.8, 4) is 5.75 Å². The molecular weight excluding hydrogens is 196 g/mol. The SMILES string of the molecule is C=C/C=C/[C@]1(C)CCc2cc(C)ccc2O1. The minimum atomic E-state index is -0.184. The summed E-state index contributed by atoms with van der Waals surface area (Å²) in [6, 6.07) is 6.39. The summed E-state index contributed by atoms with van der Waals surface area (Å²) in [6.45, 7) is 7.93. The van der Waals surface area contributed by atoms with Crippen molar-refractivity contribution >= 4 is 0 Å². The van der Waals surface area contributed by atoms with E-state index >= 15 is 0 Å². The van der Waals surface area contributed by atoms with Crippen LogP contribution in [0.25, 0.3) is 0 Å². The van der Waals surface area contributed by atoms with Crippen LogP contribution in [0, 0.1) is 6.92 Å². The fourth-order valence-electron chi connectivity index (χ4n) is 2.08. The summed E-state index contributed by atoms with van der Waals surface area (Å²) >= 11 is 0. The highest BCUT2D eigenvalue weighted by molar-refractivity contribution is 5.40. The summed E-state index contributed by atoms with van der Waals surface area (Å²) in [5.41, 5.74) is 2.44. The molecule has 16 heavy (non-hydrogen) atoms. The maximum Gasteiger partial charge on any atom is 0.125 e. The van der Waals surface area contributed by atoms with Crippen molar-refractivity contribution in [2.45, 2.75) is 32.3 Å². The van der Waals surface area contributed by atoms with E-state index in [2.05, 4.69) is 44.7 Å². The van der Waals surface area contributed by atoms with Crippen LogP contribution in [0.5, 0.6) is 5.75 Å². The van der Waals surface area contributed by atoms with Gasteiger partial charge in [-0.2, -0.15) is 0 Å². The predicted octanol–water partition coefficient (Wildman–Crippen LogP) is 3.82. The summed E-state index contributed by atoms with van der Waals surface area (Å²) in [7, 11) is 0. The zero-order chi connectivity index (χ0) is 11.6. The molecule has 0 fully saturated rings. The molecule has 0 bridgehead atoms. The van der Waals surface area contributed by atoms with Gasteiger partial charge in [-0.25, -0.2) is 0 Å². The van der Waals surface area contributed by atoms with Gasteiger partial charge in [-0.05, 0) is 44.4 Å². The van der Waals surface area contributed by atoms with Gasteiger partial charge >= 0.3 is 0 Å². The number of allylic oxidation sites excluding steroid dienone is 2. The van der Waals surface area contributed by atoms with Crippen molar-refractivity contribution in [3.05, 3.63) is 54.1 Å². The molecule has 0 aliphatic carbocycles. The van der Waals surface area contributed by atoms with Gasteiger partial charge in [0.1, 0.15) is 11.4 Å². The third-order valence-corrected chi connectivity index (χ3v) is 3.03. The first-order valence-electron chi connectivity index (χ1n) is 5.72. The maximum atomic E-state index is 6.04. The van der Waals surface area contributed by atoms with Crippen LogP contribution < -0.4 is 4.74 Å². The Morgan fingerprint density at radius 2 is 2.25 bits per heavy atom. The number of rotatable bonds is 2. The molecule has 1 aliphatic rings. The van der Waals surface area contributed by atoms with Gasteiger partial charge in [-0.3, -0.25) is 0 Å². The molecule has 2 rings (SSSR count). The van der Waals surface area contributed by atoms with Crippen LogP contribution in [-0.4, -0.2) is 5.60 Å². The van der Waals surface area contributed by atoms with Gasteiger partial charge in [0.2, 0.25) is 0 Å². The standard InChI is InChI=1S/C15H18O/c1-4-5-9-15(3)10-8-13-11-12(2)6-7-14(13)16-15/h4-7,9,11H,1,8,10H2,2-3H3/b9-5+/t15-/m1/s1. The van der Waals surface area contributed by atoms with Crippen LogP contribution in [0.15, 0.2) is 43.0 Å². The zero-order valence-electron chi connectivity index (χ0n) is 9.99. The van der Waals surface area contributed by atoms with E-state index in [1.165, 1.54) is 11.1 Å². The van der Waals surface area contributed by atoms with Gasteiger partial charge in [0.15, 0.2) is 0 Å². The smallest absolute Gasteiger partial charge is 0.125 e. The van der Waals surface area contributed by atoms with Crippen LogP contribution >= 0.6 is 0 Å². The van der Waals surface area contributed by atoms with Crippen molar-refractivity contribution in [3.63, 3.8) is 0 Å². The molecule has 84 valence electrons. The fourth-order valence-corrected chi connectivity index (χ4v) is 2.08. The lowest BCUT2D eigenvalue weighted by molar-refractivity contribution is 0.114. The summed E-state index contributed by atoms with van der Waals surface area (Å²) in [4.78, 5) is 0. The average molecular weight is 214 g/mol. The minimum Gasteiger partial charge on any atom is -0.483 e. The fraction of sp³-hybridized carbons (Fsp3) is 0.333. The molecule has 0 spiro atoms. The van der Waals surface area contributed by atoms with E-state index in [-0.39, 0.29) is 5.60 Å². The maximum absolute atomic E-state index is 6.04. The van der Waals surface area contributed by atoms with Gasteiger partial charge < -0.3 is 4.74 Å². The Morgan fingerprint density at radius 3 is 3.00 bits per heavy atom. The van der Waals surface area contributed by atoms with Gasteiger partial charge in [0.25, 0.3) is 0 Å². The van der Waals surface area contributed by atoms with Crippen LogP contribution in [0.1, 0.15) is 24.5 Å². The minimum absolute atomic E-state index is 0.184. The average Bonchev–Trinajstić information content (AvgIpc) is 2.27. The number of fused-ring (bicyclic) bond motifs is 1. The molecule has 1 aromatic rings. The van der Waals surface area contributed by atoms with Crippen molar-refractivity contribution in [2.24, 2.45) is 0 Å². The summed E-state index contributed by atoms with van der Waals surface area (Å²) in [5, 5.41) is 0. The Labute approximate surface area is 97.4 Å². The Hall–Kier alpha value is -1.50. The summed E-state index contributed by atoms with van der Waals surface area (Å²) in [5.74, 6) is 1.02. The van der Waals surface area contributed by atoms with Crippen LogP contribution in [0.4, 0.5) is 0 Å². The molecule has 1 aliphatic heterocycles. The van der Waals surface area contributed by atoms with Gasteiger partial charge in [-0.1, -0.05) is 36.4 Å². The molecule has 0 amide bonds. The number of hydrogen-bond donors (Lipinski definition) is 0. The Balaban J connectivity index is 2.26. The first-order valence-corrected chi connectivity index (χ1v) is 5.72. The lowest BCUT2D eigenvalue weighted by Gasteiger charge is -2.33. The molecule has 0 N–H and O–H groups in total. The molecule has 1 nitrogen and oxygen atoms in total. The van der Waals surface area contributed by atoms with Crippen LogP contribution in [0.2, 0.25) is 0 Å². The third-order valence-electron chi connectivity index (χ3n) is 3.03. The van der Waals surface area contributed by atoms with E-state index in [0.717, 1.165) is 18.6 Å². The largest absolute Gasteiger partial charge is 0.483 e. The van der Waals surface area contributed by atoms with E-state index in [9.17, 15) is 0 Å². The highest BCUT2D eigenvalue weighted by Gasteiger charge is 2.28. The normalized spacial score (nSPS) is 23.9. The second kappa shape index (κ2) is 4.17. The van der Waals surface area contributed by atoms with Crippen molar-refractivity contribution in [2.75, 3.05) is 0 Å². The first-order chi connectivity index (χ1) is 7.63. The Morgan fingerprint density at radius 1 is 1.44 bits per heavy atom. The molecule has 0 saturated heterocycles. The van der Waals surface area contributed by atoms with E-state index in [4.69, 9.17) is 4.74 Å². The van der Waals surface area contributed by atoms with E-state index in [0.29, 0.717) is 0 Å². The molecule has 0 radical (unpaired) electrons. The highest BCUT2D eigenvalue weighted by atomic mass is 16.5. The molecule has 0 aromatic heterocycles. The summed E-state index contributed by atoms with van der Waals surface area (Å²) < 4.78 is 6.04. The van der Waals surface area contributed by atoms with Crippen molar-refractivity contribution < 1.29 is 4.74 Å². The molecule has 1 heterocycles. The number of ether oxygens (including phenoxy) is 1. The predicted molar refractivity (Wildman–Crippen MR) is 67.9 cm³/mol. The quantitative estimate of drug-likeness (QED) is 0.680. The first kappa shape index (κ1) is 11.0. The van der Waals surface area contributed by atoms with Crippen LogP contribution in [0.3, 0.4) is 0 Å². The van der Waals surface area contributed by atoms with Crippen molar-refractivity contribution in [1.82, 2.24) is 0 Å². The topological polar surface area (TPSA) is 9.23 Å². The van der Waals surface area contributed by atoms with Gasteiger partial charge in [0.05, 0.1) is 0 Å². The monoisotopic (exact) mass is 214 g/mol. The lowest BCUT2D eigenvalue weighted by Crippen LogP contribution is -2.34. The van der Waals surface area contributed by atoms with Gasteiger partial charge in [0, 0.05) is 0 Å². The Kier molecular flexibility index (Phi) is 2.86. The number of hydrogen-bond acceptors (Lipinski definition) is 1. The van der Waals surface area contributed by atoms with E-state index < -0.39 is 0 Å². The zero-order valence-corrected chi connectivity index (χ0v) is 9.99. The second-order valence-electron chi connectivity index (χ2n) is 4.62. The van der Waals surface area contributed by atoms with E-state index in [1.54, 1.807) is 6.08 Å². The number of aryl methyl sites for hydroxylation is 2. The Bertz CT molecular complexity index is 431. The van der Waals surface area contributed by atoms with Gasteiger partial charge in [-0.15, -0.1) is 0 Å². The van der Waals surface area contributed by atoms with Crippen molar-refractivity contribution in [1.29, 1.82) is 0 Å². The lowest BCUT2D eigenvalue weighted by atomic mass is 9.91. The second-order valence-corrected chi connectivity index (χ2v) is 4.62. The molecule has 0 unspecified atom stereocenters. The van der Waals surface area contributed by atoms with E-state index in [1.807, 2.05) is 6.08 Å². The third kappa shape index (κ3) is 2.19. The molecule has 0 saturated carbocycles.